The summed E-state index contributed by atoms with van der Waals surface area (Å²) in [4.78, 5) is 25.8. The quantitative estimate of drug-likeness (QED) is 0.303. The highest BCUT2D eigenvalue weighted by molar-refractivity contribution is 7.90. The molecule has 2 aromatic carbocycles. The average molecular weight is 607 g/mol. The number of nitrogens with zero attached hydrogens (tertiary/aromatic N) is 1. The number of hydrogen-bond donors (Lipinski definition) is 1. The lowest BCUT2D eigenvalue weighted by atomic mass is 9.81. The van der Waals surface area contributed by atoms with Crippen molar-refractivity contribution in [3.63, 3.8) is 0 Å². The smallest absolute Gasteiger partial charge is 0.404 e. The van der Waals surface area contributed by atoms with Gasteiger partial charge >= 0.3 is 12.1 Å². The Morgan fingerprint density at radius 1 is 1.02 bits per heavy atom. The number of sulfonamides is 1. The summed E-state index contributed by atoms with van der Waals surface area (Å²) < 4.78 is 76.4. The van der Waals surface area contributed by atoms with E-state index in [1.807, 2.05) is 28.8 Å². The number of benzene rings is 2. The predicted octanol–water partition coefficient (Wildman–Crippen LogP) is 5.94. The number of esters is 1. The molecule has 8 nitrogen and oxygen atoms in total. The molecule has 12 heteroatoms. The van der Waals surface area contributed by atoms with E-state index in [1.54, 1.807) is 17.9 Å². The standard InChI is InChI=1S/C30H33F3N2O6S/c1-40-22-11-8-20(9-12-22)26-25(19-6-4-3-5-7-19)23-13-10-21(27(36)34-42(38,39)18-30(31,32)33)16-24(23)35(26)17-29(14-15-29)28(37)41-2/h8-13,16,19H,3-7,14-15,17-18H2,1-2H3,(H,34,36). The van der Waals surface area contributed by atoms with Crippen LogP contribution in [-0.4, -0.2) is 51.0 Å². The summed E-state index contributed by atoms with van der Waals surface area (Å²) >= 11 is 0. The van der Waals surface area contributed by atoms with Crippen molar-refractivity contribution in [2.24, 2.45) is 5.41 Å². The molecule has 1 aromatic heterocycles. The molecule has 0 aliphatic heterocycles. The lowest BCUT2D eigenvalue weighted by Gasteiger charge is -2.24. The summed E-state index contributed by atoms with van der Waals surface area (Å²) in [6.45, 7) is 0.266. The largest absolute Gasteiger partial charge is 0.497 e. The highest BCUT2D eigenvalue weighted by Crippen LogP contribution is 2.51. The zero-order valence-corrected chi connectivity index (χ0v) is 24.2. The summed E-state index contributed by atoms with van der Waals surface area (Å²) in [6.07, 6.45) is 1.41. The molecule has 1 amide bonds. The summed E-state index contributed by atoms with van der Waals surface area (Å²) in [5.41, 5.74) is 2.58. The minimum atomic E-state index is -5.00. The number of amides is 1. The molecule has 0 unspecified atom stereocenters. The van der Waals surface area contributed by atoms with Crippen LogP contribution in [0, 0.1) is 5.41 Å². The molecule has 42 heavy (non-hydrogen) atoms. The first-order valence-electron chi connectivity index (χ1n) is 13.9. The molecule has 0 bridgehead atoms. The Labute approximate surface area is 242 Å². The van der Waals surface area contributed by atoms with Crippen LogP contribution in [0.2, 0.25) is 0 Å². The predicted molar refractivity (Wildman–Crippen MR) is 151 cm³/mol. The van der Waals surface area contributed by atoms with Crippen LogP contribution >= 0.6 is 0 Å². The van der Waals surface area contributed by atoms with Gasteiger partial charge in [-0.15, -0.1) is 0 Å². The fourth-order valence-electron chi connectivity index (χ4n) is 6.09. The molecule has 5 rings (SSSR count). The van der Waals surface area contributed by atoms with E-state index >= 15 is 0 Å². The van der Waals surface area contributed by atoms with Gasteiger partial charge in [-0.3, -0.25) is 9.59 Å². The maximum Gasteiger partial charge on any atom is 0.404 e. The fraction of sp³-hybridized carbons (Fsp3) is 0.467. The minimum Gasteiger partial charge on any atom is -0.497 e. The van der Waals surface area contributed by atoms with Gasteiger partial charge in [0, 0.05) is 23.0 Å². The zero-order valence-electron chi connectivity index (χ0n) is 23.4. The number of alkyl halides is 3. The van der Waals surface area contributed by atoms with Gasteiger partial charge in [-0.2, -0.15) is 13.2 Å². The molecular weight excluding hydrogens is 573 g/mol. The molecule has 0 spiro atoms. The second kappa shape index (κ2) is 11.3. The van der Waals surface area contributed by atoms with Gasteiger partial charge in [0.15, 0.2) is 5.75 Å². The third-order valence-corrected chi connectivity index (χ3v) is 9.48. The lowest BCUT2D eigenvalue weighted by molar-refractivity contribution is -0.147. The number of ether oxygens (including phenoxy) is 2. The minimum absolute atomic E-state index is 0.105. The van der Waals surface area contributed by atoms with Gasteiger partial charge in [0.2, 0.25) is 10.0 Å². The van der Waals surface area contributed by atoms with E-state index in [0.29, 0.717) is 24.1 Å². The van der Waals surface area contributed by atoms with E-state index in [0.717, 1.165) is 54.3 Å². The SMILES string of the molecule is COC(=O)C1(Cn2c(-c3ccc(OC)cc3)c(C3CCCCC3)c3ccc(C(=O)NS(=O)(=O)CC(F)(F)F)cc32)CC1. The van der Waals surface area contributed by atoms with Crippen LogP contribution in [0.5, 0.6) is 5.75 Å². The molecule has 2 aliphatic carbocycles. The molecule has 0 radical (unpaired) electrons. The van der Waals surface area contributed by atoms with Gasteiger partial charge in [-0.1, -0.05) is 25.3 Å². The molecule has 0 atom stereocenters. The van der Waals surface area contributed by atoms with Crippen molar-refractivity contribution in [2.75, 3.05) is 20.0 Å². The molecule has 2 fully saturated rings. The monoisotopic (exact) mass is 606 g/mol. The Hall–Kier alpha value is -3.54. The second-order valence-electron chi connectivity index (χ2n) is 11.2. The number of halogens is 3. The van der Waals surface area contributed by atoms with Crippen molar-refractivity contribution in [2.45, 2.75) is 63.6 Å². The maximum absolute atomic E-state index is 12.9. The Kier molecular flexibility index (Phi) is 8.04. The van der Waals surface area contributed by atoms with Gasteiger partial charge in [-0.05, 0) is 79.1 Å². The highest BCUT2D eigenvalue weighted by Gasteiger charge is 2.52. The lowest BCUT2D eigenvalue weighted by Crippen LogP contribution is -2.37. The Bertz CT molecular complexity index is 1600. The number of aromatic nitrogens is 1. The number of carbonyl (C=O) groups is 2. The number of fused-ring (bicyclic) bond motifs is 1. The molecule has 2 saturated carbocycles. The van der Waals surface area contributed by atoms with E-state index in [4.69, 9.17) is 9.47 Å². The Balaban J connectivity index is 1.69. The molecule has 0 saturated heterocycles. The number of rotatable bonds is 9. The third-order valence-electron chi connectivity index (χ3n) is 8.28. The Morgan fingerprint density at radius 3 is 2.26 bits per heavy atom. The number of hydrogen-bond acceptors (Lipinski definition) is 6. The number of nitrogens with one attached hydrogen (secondary N) is 1. The number of methoxy groups -OCH3 is 2. The van der Waals surface area contributed by atoms with E-state index in [2.05, 4.69) is 0 Å². The zero-order chi connectivity index (χ0) is 30.3. The molecule has 1 heterocycles. The summed E-state index contributed by atoms with van der Waals surface area (Å²) in [5, 5.41) is 0.850. The molecular formula is C30H33F3N2O6S. The van der Waals surface area contributed by atoms with Crippen molar-refractivity contribution in [3.8, 4) is 17.0 Å². The fourth-order valence-corrected chi connectivity index (χ4v) is 7.00. The van der Waals surface area contributed by atoms with Crippen molar-refractivity contribution >= 4 is 32.8 Å². The normalized spacial score (nSPS) is 17.2. The van der Waals surface area contributed by atoms with Crippen LogP contribution in [0.1, 0.15) is 66.8 Å². The average Bonchev–Trinajstić information content (AvgIpc) is 3.67. The van der Waals surface area contributed by atoms with Crippen molar-refractivity contribution in [1.82, 2.24) is 9.29 Å². The van der Waals surface area contributed by atoms with Crippen LogP contribution in [0.4, 0.5) is 13.2 Å². The van der Waals surface area contributed by atoms with Crippen LogP contribution in [-0.2, 0) is 26.1 Å². The molecule has 1 N–H and O–H groups in total. The first-order chi connectivity index (χ1) is 19.9. The maximum atomic E-state index is 12.9. The second-order valence-corrected chi connectivity index (χ2v) is 12.9. The van der Waals surface area contributed by atoms with Crippen molar-refractivity contribution in [3.05, 3.63) is 53.6 Å². The van der Waals surface area contributed by atoms with E-state index in [9.17, 15) is 31.2 Å². The van der Waals surface area contributed by atoms with E-state index in [1.165, 1.54) is 19.2 Å². The number of carbonyl (C=O) groups excluding carboxylic acids is 2. The molecule has 2 aliphatic rings. The van der Waals surface area contributed by atoms with Crippen LogP contribution < -0.4 is 9.46 Å². The first kappa shape index (κ1) is 29.9. The van der Waals surface area contributed by atoms with Crippen LogP contribution in [0.25, 0.3) is 22.2 Å². The first-order valence-corrected chi connectivity index (χ1v) is 15.5. The summed E-state index contributed by atoms with van der Waals surface area (Å²) in [6, 6.07) is 12.2. The van der Waals surface area contributed by atoms with Crippen molar-refractivity contribution in [1.29, 1.82) is 0 Å². The summed E-state index contributed by atoms with van der Waals surface area (Å²) in [7, 11) is -2.03. The van der Waals surface area contributed by atoms with Gasteiger partial charge in [-0.25, -0.2) is 13.1 Å². The van der Waals surface area contributed by atoms with Gasteiger partial charge in [0.05, 0.1) is 25.3 Å². The molecule has 3 aromatic rings. The van der Waals surface area contributed by atoms with Gasteiger partial charge in [0.25, 0.3) is 5.91 Å². The van der Waals surface area contributed by atoms with Crippen LogP contribution in [0.15, 0.2) is 42.5 Å². The highest BCUT2D eigenvalue weighted by atomic mass is 32.2. The summed E-state index contributed by atoms with van der Waals surface area (Å²) in [5.74, 6) is -2.78. The van der Waals surface area contributed by atoms with E-state index < -0.39 is 33.3 Å². The topological polar surface area (TPSA) is 104 Å². The third kappa shape index (κ3) is 6.13. The Morgan fingerprint density at radius 2 is 1.69 bits per heavy atom. The molecule has 226 valence electrons. The van der Waals surface area contributed by atoms with Crippen LogP contribution in [0.3, 0.4) is 0 Å². The van der Waals surface area contributed by atoms with Gasteiger partial charge < -0.3 is 14.0 Å². The van der Waals surface area contributed by atoms with E-state index in [-0.39, 0.29) is 24.0 Å². The van der Waals surface area contributed by atoms with Gasteiger partial charge in [0.1, 0.15) is 5.75 Å². The van der Waals surface area contributed by atoms with Crippen molar-refractivity contribution < 1.29 is 40.7 Å².